The van der Waals surface area contributed by atoms with Crippen molar-refractivity contribution in [3.8, 4) is 0 Å². The van der Waals surface area contributed by atoms with Crippen molar-refractivity contribution in [3.05, 3.63) is 12.2 Å². The first kappa shape index (κ1) is 14.5. The highest BCUT2D eigenvalue weighted by atomic mass is 32.2. The zero-order valence-electron chi connectivity index (χ0n) is 8.93. The Morgan fingerprint density at radius 1 is 1.47 bits per heavy atom. The number of rotatable bonds is 7. The third kappa shape index (κ3) is 11.4. The fourth-order valence-corrected chi connectivity index (χ4v) is 2.78. The molecule has 0 atom stereocenters. The van der Waals surface area contributed by atoms with E-state index in [0.717, 1.165) is 0 Å². The van der Waals surface area contributed by atoms with E-state index in [0.29, 0.717) is 18.1 Å². The Balaban J connectivity index is 3.50. The summed E-state index contributed by atoms with van der Waals surface area (Å²) < 4.78 is 26.2. The highest BCUT2D eigenvalue weighted by Crippen LogP contribution is 2.01. The highest BCUT2D eigenvalue weighted by Gasteiger charge is 2.00. The maximum atomic E-state index is 10.8. The molecular weight excluding hydrogens is 236 g/mol. The van der Waals surface area contributed by atoms with Gasteiger partial charge in [0.2, 0.25) is 0 Å². The van der Waals surface area contributed by atoms with Crippen LogP contribution in [-0.4, -0.2) is 44.5 Å². The molecule has 0 aromatic carbocycles. The van der Waals surface area contributed by atoms with Gasteiger partial charge in [-0.2, -0.15) is 11.8 Å². The molecule has 15 heavy (non-hydrogen) atoms. The average molecular weight is 252 g/mol. The molecule has 4 nitrogen and oxygen atoms in total. The van der Waals surface area contributed by atoms with Crippen LogP contribution in [-0.2, 0) is 19.4 Å². The number of carbonyl (C=O) groups is 1. The monoisotopic (exact) mass is 252 g/mol. The molecule has 0 saturated heterocycles. The number of esters is 1. The van der Waals surface area contributed by atoms with Gasteiger partial charge in [-0.05, 0) is 6.92 Å². The zero-order chi connectivity index (χ0) is 11.7. The highest BCUT2D eigenvalue weighted by molar-refractivity contribution is 8.00. The van der Waals surface area contributed by atoms with Crippen LogP contribution in [0.1, 0.15) is 6.92 Å². The number of sulfone groups is 1. The molecular formula is C9H16O4S2. The second kappa shape index (κ2) is 7.76. The number of ether oxygens (including phenoxy) is 1. The van der Waals surface area contributed by atoms with Gasteiger partial charge < -0.3 is 4.74 Å². The molecule has 0 aliphatic carbocycles. The Labute approximate surface area is 95.0 Å². The van der Waals surface area contributed by atoms with Gasteiger partial charge >= 0.3 is 5.97 Å². The molecule has 0 N–H and O–H groups in total. The molecule has 0 fully saturated rings. The maximum absolute atomic E-state index is 10.8. The number of hydrogen-bond acceptors (Lipinski definition) is 5. The first-order valence-corrected chi connectivity index (χ1v) is 7.76. The first-order chi connectivity index (χ1) is 6.95. The summed E-state index contributed by atoms with van der Waals surface area (Å²) in [5, 5.41) is 0. The van der Waals surface area contributed by atoms with E-state index in [1.54, 1.807) is 13.0 Å². The number of hydrogen-bond donors (Lipinski definition) is 0. The summed E-state index contributed by atoms with van der Waals surface area (Å²) in [6, 6.07) is 0. The third-order valence-corrected chi connectivity index (χ3v) is 3.48. The Morgan fingerprint density at radius 3 is 2.67 bits per heavy atom. The molecule has 0 amide bonds. The van der Waals surface area contributed by atoms with E-state index in [-0.39, 0.29) is 11.7 Å². The van der Waals surface area contributed by atoms with Gasteiger partial charge in [0, 0.05) is 23.8 Å². The smallest absolute Gasteiger partial charge is 0.330 e. The van der Waals surface area contributed by atoms with E-state index in [4.69, 9.17) is 0 Å². The van der Waals surface area contributed by atoms with Crippen molar-refractivity contribution >= 4 is 27.6 Å². The lowest BCUT2D eigenvalue weighted by Crippen LogP contribution is -2.05. The van der Waals surface area contributed by atoms with Gasteiger partial charge in [-0.1, -0.05) is 6.08 Å². The Kier molecular flexibility index (Phi) is 7.50. The lowest BCUT2D eigenvalue weighted by molar-refractivity contribution is -0.137. The second-order valence-corrected chi connectivity index (χ2v) is 6.27. The summed E-state index contributed by atoms with van der Waals surface area (Å²) in [5.41, 5.74) is 0. The summed E-state index contributed by atoms with van der Waals surface area (Å²) in [6.07, 6.45) is 4.24. The largest absolute Gasteiger partial charge is 0.463 e. The molecule has 0 radical (unpaired) electrons. The minimum absolute atomic E-state index is 0.172. The molecule has 0 aromatic rings. The summed E-state index contributed by atoms with van der Waals surface area (Å²) in [7, 11) is -2.87. The fraction of sp³-hybridized carbons (Fsp3) is 0.667. The van der Waals surface area contributed by atoms with Gasteiger partial charge in [0.05, 0.1) is 12.4 Å². The van der Waals surface area contributed by atoms with Crippen LogP contribution in [0.4, 0.5) is 0 Å². The molecule has 6 heteroatoms. The number of carbonyl (C=O) groups excluding carboxylic acids is 1. The van der Waals surface area contributed by atoms with Gasteiger partial charge in [-0.15, -0.1) is 0 Å². The number of thioether (sulfide) groups is 1. The molecule has 0 saturated carbocycles. The second-order valence-electron chi connectivity index (χ2n) is 2.86. The van der Waals surface area contributed by atoms with Crippen molar-refractivity contribution in [1.29, 1.82) is 0 Å². The quantitative estimate of drug-likeness (QED) is 0.382. The predicted octanol–water partition coefficient (Wildman–Crippen LogP) is 0.884. The van der Waals surface area contributed by atoms with Crippen LogP contribution in [0.15, 0.2) is 12.2 Å². The predicted molar refractivity (Wildman–Crippen MR) is 62.8 cm³/mol. The molecule has 0 aromatic heterocycles. The van der Waals surface area contributed by atoms with E-state index < -0.39 is 9.84 Å². The standard InChI is InChI=1S/C9H16O4S2/c1-3-13-9(10)5-4-6-14-7-8-15(2,11)12/h4-5H,3,6-8H2,1-2H3/b5-4+. The molecule has 0 heterocycles. The molecule has 0 unspecified atom stereocenters. The van der Waals surface area contributed by atoms with Crippen molar-refractivity contribution in [2.24, 2.45) is 0 Å². The van der Waals surface area contributed by atoms with Crippen LogP contribution in [0.3, 0.4) is 0 Å². The van der Waals surface area contributed by atoms with Gasteiger partial charge in [0.25, 0.3) is 0 Å². The third-order valence-electron chi connectivity index (χ3n) is 1.35. The van der Waals surface area contributed by atoms with Gasteiger partial charge in [0.1, 0.15) is 9.84 Å². The van der Waals surface area contributed by atoms with E-state index in [2.05, 4.69) is 4.74 Å². The topological polar surface area (TPSA) is 60.4 Å². The SMILES string of the molecule is CCOC(=O)/C=C/CSCCS(C)(=O)=O. The summed E-state index contributed by atoms with van der Waals surface area (Å²) in [5.74, 6) is 0.979. The van der Waals surface area contributed by atoms with Crippen molar-refractivity contribution in [2.45, 2.75) is 6.92 Å². The Morgan fingerprint density at radius 2 is 2.13 bits per heavy atom. The van der Waals surface area contributed by atoms with Crippen LogP contribution >= 0.6 is 11.8 Å². The molecule has 0 spiro atoms. The van der Waals surface area contributed by atoms with E-state index >= 15 is 0 Å². The lowest BCUT2D eigenvalue weighted by atomic mass is 10.5. The van der Waals surface area contributed by atoms with Crippen molar-refractivity contribution in [2.75, 3.05) is 30.1 Å². The maximum Gasteiger partial charge on any atom is 0.330 e. The van der Waals surface area contributed by atoms with Crippen LogP contribution in [0.2, 0.25) is 0 Å². The normalized spacial score (nSPS) is 11.9. The summed E-state index contributed by atoms with van der Waals surface area (Å²) >= 11 is 1.47. The Bertz CT molecular complexity index is 306. The van der Waals surface area contributed by atoms with Gasteiger partial charge in [0.15, 0.2) is 0 Å². The summed E-state index contributed by atoms with van der Waals surface area (Å²) in [4.78, 5) is 10.8. The molecule has 0 rings (SSSR count). The van der Waals surface area contributed by atoms with Gasteiger partial charge in [-0.3, -0.25) is 0 Å². The van der Waals surface area contributed by atoms with Crippen LogP contribution in [0, 0.1) is 0 Å². The van der Waals surface area contributed by atoms with Crippen LogP contribution in [0.5, 0.6) is 0 Å². The fourth-order valence-electron chi connectivity index (χ4n) is 0.696. The van der Waals surface area contributed by atoms with E-state index in [9.17, 15) is 13.2 Å². The lowest BCUT2D eigenvalue weighted by Gasteiger charge is -1.97. The minimum atomic E-state index is -2.87. The average Bonchev–Trinajstić information content (AvgIpc) is 2.09. The molecule has 88 valence electrons. The zero-order valence-corrected chi connectivity index (χ0v) is 10.6. The van der Waals surface area contributed by atoms with Crippen molar-refractivity contribution < 1.29 is 17.9 Å². The molecule has 0 bridgehead atoms. The minimum Gasteiger partial charge on any atom is -0.463 e. The van der Waals surface area contributed by atoms with Crippen LogP contribution in [0.25, 0.3) is 0 Å². The first-order valence-electron chi connectivity index (χ1n) is 4.54. The van der Waals surface area contributed by atoms with Gasteiger partial charge in [-0.25, -0.2) is 13.2 Å². The van der Waals surface area contributed by atoms with E-state index in [1.165, 1.54) is 24.1 Å². The van der Waals surface area contributed by atoms with Crippen molar-refractivity contribution in [3.63, 3.8) is 0 Å². The molecule has 0 aliphatic heterocycles. The van der Waals surface area contributed by atoms with Crippen molar-refractivity contribution in [1.82, 2.24) is 0 Å². The Hall–Kier alpha value is -0.490. The molecule has 0 aliphatic rings. The van der Waals surface area contributed by atoms with E-state index in [1.807, 2.05) is 0 Å². The summed E-state index contributed by atoms with van der Waals surface area (Å²) in [6.45, 7) is 2.11. The van der Waals surface area contributed by atoms with Crippen LogP contribution < -0.4 is 0 Å².